The molecule has 0 aliphatic heterocycles. The summed E-state index contributed by atoms with van der Waals surface area (Å²) in [6.45, 7) is 4.64. The summed E-state index contributed by atoms with van der Waals surface area (Å²) in [5.41, 5.74) is 1.03. The molecule has 0 heterocycles. The van der Waals surface area contributed by atoms with Crippen LogP contribution >= 0.6 is 11.6 Å². The fourth-order valence-corrected chi connectivity index (χ4v) is 1.69. The van der Waals surface area contributed by atoms with Crippen LogP contribution in [-0.4, -0.2) is 40.1 Å². The Morgan fingerprint density at radius 3 is 2.79 bits per heavy atom. The van der Waals surface area contributed by atoms with Crippen LogP contribution in [0.4, 0.5) is 0 Å². The van der Waals surface area contributed by atoms with Gasteiger partial charge in [0, 0.05) is 37.9 Å². The molecule has 0 spiro atoms. The quantitative estimate of drug-likeness (QED) is 0.709. The molecule has 0 radical (unpaired) electrons. The standard InChI is InChI=1S/C14H22ClNO3/c1-11(18-3)10-19-14-5-4-13(15)8-12(14)9-16-6-7-17-2/h4-5,8,11,16H,6-7,9-10H2,1-3H3. The molecular weight excluding hydrogens is 266 g/mol. The van der Waals surface area contributed by atoms with Gasteiger partial charge in [-0.15, -0.1) is 0 Å². The van der Waals surface area contributed by atoms with Crippen LogP contribution in [0.1, 0.15) is 12.5 Å². The molecule has 0 aromatic heterocycles. The Kier molecular flexibility index (Phi) is 7.82. The van der Waals surface area contributed by atoms with Gasteiger partial charge in [-0.1, -0.05) is 11.6 Å². The molecule has 19 heavy (non-hydrogen) atoms. The minimum absolute atomic E-state index is 0.0602. The Hall–Kier alpha value is -0.810. The summed E-state index contributed by atoms with van der Waals surface area (Å²) < 4.78 is 15.9. The lowest BCUT2D eigenvalue weighted by Crippen LogP contribution is -2.20. The maximum Gasteiger partial charge on any atom is 0.124 e. The van der Waals surface area contributed by atoms with Crippen molar-refractivity contribution in [2.45, 2.75) is 19.6 Å². The van der Waals surface area contributed by atoms with E-state index in [4.69, 9.17) is 25.8 Å². The molecule has 1 aromatic carbocycles. The fourth-order valence-electron chi connectivity index (χ4n) is 1.50. The highest BCUT2D eigenvalue weighted by atomic mass is 35.5. The molecule has 1 rings (SSSR count). The highest BCUT2D eigenvalue weighted by Gasteiger charge is 2.07. The van der Waals surface area contributed by atoms with E-state index in [0.29, 0.717) is 24.8 Å². The van der Waals surface area contributed by atoms with Crippen molar-refractivity contribution in [3.05, 3.63) is 28.8 Å². The molecule has 1 aromatic rings. The van der Waals surface area contributed by atoms with E-state index in [-0.39, 0.29) is 6.10 Å². The highest BCUT2D eigenvalue weighted by molar-refractivity contribution is 6.30. The van der Waals surface area contributed by atoms with E-state index >= 15 is 0 Å². The zero-order chi connectivity index (χ0) is 14.1. The maximum absolute atomic E-state index is 6.01. The van der Waals surface area contributed by atoms with Gasteiger partial charge in [-0.05, 0) is 25.1 Å². The molecule has 1 atom stereocenters. The van der Waals surface area contributed by atoms with Crippen LogP contribution in [0.2, 0.25) is 5.02 Å². The van der Waals surface area contributed by atoms with E-state index < -0.39 is 0 Å². The summed E-state index contributed by atoms with van der Waals surface area (Å²) in [7, 11) is 3.35. The molecule has 108 valence electrons. The number of halogens is 1. The van der Waals surface area contributed by atoms with Crippen LogP contribution in [0.3, 0.4) is 0 Å². The third kappa shape index (κ3) is 6.25. The number of hydrogen-bond acceptors (Lipinski definition) is 4. The molecule has 0 saturated heterocycles. The Bertz CT molecular complexity index is 374. The highest BCUT2D eigenvalue weighted by Crippen LogP contribution is 2.23. The van der Waals surface area contributed by atoms with E-state index in [2.05, 4.69) is 5.32 Å². The van der Waals surface area contributed by atoms with Gasteiger partial charge in [0.15, 0.2) is 0 Å². The van der Waals surface area contributed by atoms with Crippen molar-refractivity contribution < 1.29 is 14.2 Å². The number of nitrogens with one attached hydrogen (secondary N) is 1. The Labute approximate surface area is 120 Å². The number of rotatable bonds is 9. The van der Waals surface area contributed by atoms with E-state index in [1.807, 2.05) is 25.1 Å². The predicted molar refractivity (Wildman–Crippen MR) is 77.0 cm³/mol. The molecule has 0 fully saturated rings. The van der Waals surface area contributed by atoms with Gasteiger partial charge < -0.3 is 19.5 Å². The lowest BCUT2D eigenvalue weighted by atomic mass is 10.2. The molecule has 4 nitrogen and oxygen atoms in total. The van der Waals surface area contributed by atoms with Crippen LogP contribution in [0.15, 0.2) is 18.2 Å². The second-order valence-corrected chi connectivity index (χ2v) is 4.72. The first-order valence-corrected chi connectivity index (χ1v) is 6.68. The SMILES string of the molecule is COCCNCc1cc(Cl)ccc1OCC(C)OC. The first-order chi connectivity index (χ1) is 9.17. The normalized spacial score (nSPS) is 12.4. The van der Waals surface area contributed by atoms with Crippen LogP contribution in [-0.2, 0) is 16.0 Å². The summed E-state index contributed by atoms with van der Waals surface area (Å²) in [5, 5.41) is 3.98. The molecule has 0 saturated carbocycles. The zero-order valence-corrected chi connectivity index (χ0v) is 12.5. The van der Waals surface area contributed by atoms with Crippen LogP contribution in [0.5, 0.6) is 5.75 Å². The summed E-state index contributed by atoms with van der Waals surface area (Å²) >= 11 is 6.01. The number of methoxy groups -OCH3 is 2. The number of benzene rings is 1. The van der Waals surface area contributed by atoms with Crippen molar-refractivity contribution >= 4 is 11.6 Å². The van der Waals surface area contributed by atoms with Gasteiger partial charge in [0.1, 0.15) is 12.4 Å². The van der Waals surface area contributed by atoms with Gasteiger partial charge in [-0.25, -0.2) is 0 Å². The largest absolute Gasteiger partial charge is 0.491 e. The Balaban J connectivity index is 2.58. The van der Waals surface area contributed by atoms with Gasteiger partial charge in [0.25, 0.3) is 0 Å². The molecule has 1 unspecified atom stereocenters. The van der Waals surface area contributed by atoms with Gasteiger partial charge in [-0.3, -0.25) is 0 Å². The molecular formula is C14H22ClNO3. The maximum atomic E-state index is 6.01. The van der Waals surface area contributed by atoms with Gasteiger partial charge in [0.05, 0.1) is 12.7 Å². The minimum Gasteiger partial charge on any atom is -0.491 e. The topological polar surface area (TPSA) is 39.7 Å². The Morgan fingerprint density at radius 2 is 2.11 bits per heavy atom. The van der Waals surface area contributed by atoms with E-state index in [1.165, 1.54) is 0 Å². The average Bonchev–Trinajstić information content (AvgIpc) is 2.42. The zero-order valence-electron chi connectivity index (χ0n) is 11.7. The second kappa shape index (κ2) is 9.15. The fraction of sp³-hybridized carbons (Fsp3) is 0.571. The van der Waals surface area contributed by atoms with Gasteiger partial charge >= 0.3 is 0 Å². The predicted octanol–water partition coefficient (Wildman–Crippen LogP) is 2.49. The van der Waals surface area contributed by atoms with Crippen molar-refractivity contribution in [3.8, 4) is 5.75 Å². The third-order valence-electron chi connectivity index (χ3n) is 2.70. The second-order valence-electron chi connectivity index (χ2n) is 4.28. The lowest BCUT2D eigenvalue weighted by Gasteiger charge is -2.15. The van der Waals surface area contributed by atoms with Crippen LogP contribution in [0, 0.1) is 0 Å². The average molecular weight is 288 g/mol. The van der Waals surface area contributed by atoms with Crippen molar-refractivity contribution in [2.24, 2.45) is 0 Å². The lowest BCUT2D eigenvalue weighted by molar-refractivity contribution is 0.0712. The number of ether oxygens (including phenoxy) is 3. The Morgan fingerprint density at radius 1 is 1.32 bits per heavy atom. The van der Waals surface area contributed by atoms with Crippen molar-refractivity contribution in [2.75, 3.05) is 34.0 Å². The van der Waals surface area contributed by atoms with Crippen molar-refractivity contribution in [1.82, 2.24) is 5.32 Å². The first-order valence-electron chi connectivity index (χ1n) is 6.31. The first kappa shape index (κ1) is 16.2. The number of hydrogen-bond donors (Lipinski definition) is 1. The van der Waals surface area contributed by atoms with E-state index in [1.54, 1.807) is 14.2 Å². The van der Waals surface area contributed by atoms with Crippen LogP contribution in [0.25, 0.3) is 0 Å². The van der Waals surface area contributed by atoms with Crippen LogP contribution < -0.4 is 10.1 Å². The summed E-state index contributed by atoms with van der Waals surface area (Å²) in [5.74, 6) is 0.832. The van der Waals surface area contributed by atoms with Crippen molar-refractivity contribution in [1.29, 1.82) is 0 Å². The third-order valence-corrected chi connectivity index (χ3v) is 2.93. The minimum atomic E-state index is 0.0602. The smallest absolute Gasteiger partial charge is 0.124 e. The summed E-state index contributed by atoms with van der Waals surface area (Å²) in [6, 6.07) is 5.62. The van der Waals surface area contributed by atoms with Gasteiger partial charge in [0.2, 0.25) is 0 Å². The molecule has 0 bridgehead atoms. The van der Waals surface area contributed by atoms with E-state index in [0.717, 1.165) is 17.9 Å². The van der Waals surface area contributed by atoms with Crippen molar-refractivity contribution in [3.63, 3.8) is 0 Å². The molecule has 0 aliphatic carbocycles. The van der Waals surface area contributed by atoms with Gasteiger partial charge in [-0.2, -0.15) is 0 Å². The molecule has 5 heteroatoms. The molecule has 0 amide bonds. The molecule has 0 aliphatic rings. The molecule has 1 N–H and O–H groups in total. The summed E-state index contributed by atoms with van der Waals surface area (Å²) in [6.07, 6.45) is 0.0602. The monoisotopic (exact) mass is 287 g/mol. The van der Waals surface area contributed by atoms with E-state index in [9.17, 15) is 0 Å². The summed E-state index contributed by atoms with van der Waals surface area (Å²) in [4.78, 5) is 0.